The van der Waals surface area contributed by atoms with E-state index in [0.29, 0.717) is 50.1 Å². The fourth-order valence-electron chi connectivity index (χ4n) is 5.72. The van der Waals surface area contributed by atoms with Gasteiger partial charge in [0, 0.05) is 31.1 Å². The van der Waals surface area contributed by atoms with E-state index >= 15 is 0 Å². The Morgan fingerprint density at radius 1 is 1.27 bits per heavy atom. The number of likely N-dealkylation sites (tertiary alicyclic amines) is 1. The van der Waals surface area contributed by atoms with Crippen LogP contribution in [0, 0.1) is 11.3 Å². The standard InChI is InChI=1S/C27H26F3N5O4S/c1-2-16-12-20(8-11-33(16)25(37)38)39-19-6-4-17(5-7-19)35-24(40)34(23(36)26(35)9-3-10-26)18-13-21(27(28,29)30)22(14-31)32-15-18/h4-7,13,15-16,20H,2-3,8-12H2,1H3,(H,37,38). The summed E-state index contributed by atoms with van der Waals surface area (Å²) in [7, 11) is 0. The van der Waals surface area contributed by atoms with Gasteiger partial charge in [-0.15, -0.1) is 0 Å². The lowest BCUT2D eigenvalue weighted by molar-refractivity contribution is -0.138. The third-order valence-corrected chi connectivity index (χ3v) is 8.28. The average Bonchev–Trinajstić information content (AvgIpc) is 3.14. The molecule has 2 aliphatic heterocycles. The number of nitriles is 1. The number of pyridine rings is 1. The Morgan fingerprint density at radius 3 is 2.52 bits per heavy atom. The van der Waals surface area contributed by atoms with Crippen LogP contribution >= 0.6 is 12.2 Å². The molecule has 3 heterocycles. The van der Waals surface area contributed by atoms with Crippen LogP contribution < -0.4 is 14.5 Å². The molecule has 1 aliphatic carbocycles. The van der Waals surface area contributed by atoms with Gasteiger partial charge in [-0.2, -0.15) is 18.4 Å². The zero-order chi connectivity index (χ0) is 28.8. The second-order valence-corrected chi connectivity index (χ2v) is 10.5. The fraction of sp³-hybridized carbons (Fsp3) is 0.444. The van der Waals surface area contributed by atoms with Gasteiger partial charge in [0.15, 0.2) is 10.8 Å². The van der Waals surface area contributed by atoms with Crippen LogP contribution in [0.3, 0.4) is 0 Å². The number of ether oxygens (including phenoxy) is 1. The molecule has 0 radical (unpaired) electrons. The first-order valence-electron chi connectivity index (χ1n) is 12.9. The zero-order valence-electron chi connectivity index (χ0n) is 21.5. The average molecular weight is 574 g/mol. The van der Waals surface area contributed by atoms with E-state index < -0.39 is 35.0 Å². The maximum absolute atomic E-state index is 13.6. The summed E-state index contributed by atoms with van der Waals surface area (Å²) in [6, 6.07) is 9.05. The lowest BCUT2D eigenvalue weighted by atomic mass is 9.75. The molecule has 40 heavy (non-hydrogen) atoms. The largest absolute Gasteiger partial charge is 0.490 e. The number of benzene rings is 1. The smallest absolute Gasteiger partial charge is 0.419 e. The Balaban J connectivity index is 1.39. The van der Waals surface area contributed by atoms with Gasteiger partial charge >= 0.3 is 12.3 Å². The molecule has 1 saturated carbocycles. The van der Waals surface area contributed by atoms with Crippen molar-refractivity contribution in [3.63, 3.8) is 0 Å². The van der Waals surface area contributed by atoms with E-state index in [-0.39, 0.29) is 22.9 Å². The normalized spacial score (nSPS) is 22.3. The van der Waals surface area contributed by atoms with Crippen molar-refractivity contribution < 1.29 is 32.6 Å². The number of hydrogen-bond acceptors (Lipinski definition) is 6. The third-order valence-electron chi connectivity index (χ3n) is 7.92. The first kappa shape index (κ1) is 27.6. The number of piperidine rings is 1. The number of rotatable bonds is 5. The molecule has 13 heteroatoms. The zero-order valence-corrected chi connectivity index (χ0v) is 22.3. The molecule has 2 unspecified atom stereocenters. The van der Waals surface area contributed by atoms with Gasteiger partial charge in [0.05, 0.1) is 17.4 Å². The van der Waals surface area contributed by atoms with Gasteiger partial charge in [-0.1, -0.05) is 6.92 Å². The van der Waals surface area contributed by atoms with Gasteiger partial charge in [0.25, 0.3) is 5.91 Å². The van der Waals surface area contributed by atoms with E-state index in [2.05, 4.69) is 4.98 Å². The number of carboxylic acid groups (broad SMARTS) is 1. The summed E-state index contributed by atoms with van der Waals surface area (Å²) >= 11 is 5.65. The summed E-state index contributed by atoms with van der Waals surface area (Å²) in [5.41, 5.74) is -2.57. The minimum atomic E-state index is -4.83. The predicted molar refractivity (Wildman–Crippen MR) is 142 cm³/mol. The second kappa shape index (κ2) is 10.2. The van der Waals surface area contributed by atoms with Crippen molar-refractivity contribution in [2.75, 3.05) is 16.3 Å². The Morgan fingerprint density at radius 2 is 1.98 bits per heavy atom. The number of thiocarbonyl (C=S) groups is 1. The minimum absolute atomic E-state index is 0.0323. The quantitative estimate of drug-likeness (QED) is 0.478. The number of amides is 2. The fourth-order valence-corrected chi connectivity index (χ4v) is 6.18. The Kier molecular flexibility index (Phi) is 7.08. The monoisotopic (exact) mass is 573 g/mol. The van der Waals surface area contributed by atoms with Gasteiger partial charge in [0.2, 0.25) is 0 Å². The van der Waals surface area contributed by atoms with E-state index in [9.17, 15) is 27.9 Å². The van der Waals surface area contributed by atoms with E-state index in [1.807, 2.05) is 6.92 Å². The number of carbonyl (C=O) groups is 2. The number of carbonyl (C=O) groups excluding carboxylic acids is 1. The Labute approximate surface area is 233 Å². The van der Waals surface area contributed by atoms with Gasteiger partial charge < -0.3 is 19.6 Å². The number of hydrogen-bond donors (Lipinski definition) is 1. The number of anilines is 2. The summed E-state index contributed by atoms with van der Waals surface area (Å²) in [5.74, 6) is 0.147. The molecule has 2 amide bonds. The number of halogens is 3. The molecule has 5 rings (SSSR count). The van der Waals surface area contributed by atoms with Crippen molar-refractivity contribution in [1.29, 1.82) is 5.26 Å². The molecule has 210 valence electrons. The summed E-state index contributed by atoms with van der Waals surface area (Å²) in [4.78, 5) is 33.0. The predicted octanol–water partition coefficient (Wildman–Crippen LogP) is 5.33. The van der Waals surface area contributed by atoms with E-state index in [4.69, 9.17) is 22.2 Å². The van der Waals surface area contributed by atoms with Crippen LogP contribution in [0.1, 0.15) is 56.7 Å². The van der Waals surface area contributed by atoms with Crippen LogP contribution in [-0.2, 0) is 11.0 Å². The molecular formula is C27H26F3N5O4S. The summed E-state index contributed by atoms with van der Waals surface area (Å²) in [6.07, 6.45) is -1.31. The first-order valence-corrected chi connectivity index (χ1v) is 13.3. The summed E-state index contributed by atoms with van der Waals surface area (Å²) in [6.45, 7) is 2.33. The summed E-state index contributed by atoms with van der Waals surface area (Å²) in [5, 5.41) is 18.5. The Hall–Kier alpha value is -3.92. The molecular weight excluding hydrogens is 547 g/mol. The van der Waals surface area contributed by atoms with Crippen LogP contribution in [0.25, 0.3) is 0 Å². The van der Waals surface area contributed by atoms with Crippen molar-refractivity contribution in [2.45, 2.75) is 69.3 Å². The van der Waals surface area contributed by atoms with Crippen molar-refractivity contribution >= 4 is 40.7 Å². The van der Waals surface area contributed by atoms with Crippen LogP contribution in [0.5, 0.6) is 5.75 Å². The molecule has 2 saturated heterocycles. The maximum atomic E-state index is 13.6. The maximum Gasteiger partial charge on any atom is 0.419 e. The van der Waals surface area contributed by atoms with E-state index in [1.165, 1.54) is 11.0 Å². The first-order chi connectivity index (χ1) is 19.0. The topological polar surface area (TPSA) is 110 Å². The highest BCUT2D eigenvalue weighted by Gasteiger charge is 2.59. The van der Waals surface area contributed by atoms with Crippen LogP contribution in [0.4, 0.5) is 29.3 Å². The van der Waals surface area contributed by atoms with Gasteiger partial charge in [-0.25, -0.2) is 9.78 Å². The van der Waals surface area contributed by atoms with Gasteiger partial charge in [-0.05, 0) is 68.2 Å². The highest BCUT2D eigenvalue weighted by atomic mass is 32.1. The Bertz CT molecular complexity index is 1390. The molecule has 2 aromatic rings. The highest BCUT2D eigenvalue weighted by molar-refractivity contribution is 7.81. The highest BCUT2D eigenvalue weighted by Crippen LogP contribution is 2.48. The lowest BCUT2D eigenvalue weighted by Crippen LogP contribution is -2.55. The number of aromatic nitrogens is 1. The van der Waals surface area contributed by atoms with Crippen molar-refractivity contribution in [1.82, 2.24) is 9.88 Å². The van der Waals surface area contributed by atoms with Crippen LogP contribution in [0.15, 0.2) is 36.5 Å². The molecule has 0 bridgehead atoms. The molecule has 1 aromatic carbocycles. The molecule has 1 N–H and O–H groups in total. The molecule has 3 aliphatic rings. The summed E-state index contributed by atoms with van der Waals surface area (Å²) < 4.78 is 46.9. The van der Waals surface area contributed by atoms with Gasteiger partial charge in [-0.3, -0.25) is 9.69 Å². The number of nitrogens with zero attached hydrogens (tertiary/aromatic N) is 5. The van der Waals surface area contributed by atoms with Crippen molar-refractivity contribution in [3.8, 4) is 11.8 Å². The van der Waals surface area contributed by atoms with E-state index in [0.717, 1.165) is 23.6 Å². The lowest BCUT2D eigenvalue weighted by Gasteiger charge is -2.43. The van der Waals surface area contributed by atoms with Crippen molar-refractivity contribution in [3.05, 3.63) is 47.8 Å². The van der Waals surface area contributed by atoms with Crippen molar-refractivity contribution in [2.24, 2.45) is 0 Å². The molecule has 9 nitrogen and oxygen atoms in total. The minimum Gasteiger partial charge on any atom is -0.490 e. The van der Waals surface area contributed by atoms with E-state index in [1.54, 1.807) is 29.2 Å². The molecule has 1 aromatic heterocycles. The third kappa shape index (κ3) is 4.60. The number of alkyl halides is 3. The van der Waals surface area contributed by atoms with Crippen LogP contribution in [-0.4, -0.2) is 56.3 Å². The molecule has 2 atom stereocenters. The molecule has 3 fully saturated rings. The second-order valence-electron chi connectivity index (χ2n) is 10.1. The van der Waals surface area contributed by atoms with Gasteiger partial charge in [0.1, 0.15) is 23.5 Å². The SMILES string of the molecule is CCC1CC(Oc2ccc(N3C(=S)N(c4cnc(C#N)c(C(F)(F)F)c4)C(=O)C34CCC4)cc2)CCN1C(=O)O. The van der Waals surface area contributed by atoms with Crippen LogP contribution in [0.2, 0.25) is 0 Å². The molecule has 1 spiro atoms.